The van der Waals surface area contributed by atoms with Gasteiger partial charge in [0.1, 0.15) is 0 Å². The van der Waals surface area contributed by atoms with Gasteiger partial charge in [-0.1, -0.05) is 0 Å². The van der Waals surface area contributed by atoms with Crippen molar-refractivity contribution in [2.75, 3.05) is 6.54 Å². The molecule has 0 saturated heterocycles. The van der Waals surface area contributed by atoms with Gasteiger partial charge in [-0.25, -0.2) is 0 Å². The van der Waals surface area contributed by atoms with E-state index in [1.807, 2.05) is 0 Å². The molecule has 0 aromatic rings. The van der Waals surface area contributed by atoms with Gasteiger partial charge >= 0.3 is 12.4 Å². The Morgan fingerprint density at radius 2 is 2.25 bits per heavy atom. The van der Waals surface area contributed by atoms with Gasteiger partial charge in [-0.3, -0.25) is 9.59 Å². The molecule has 0 atom stereocenters. The Kier molecular flexibility index (Phi) is 7.21. The first-order valence-corrected chi connectivity index (χ1v) is 3.53. The number of nitrogens with two attached hydrogens (primary N) is 1. The summed E-state index contributed by atoms with van der Waals surface area (Å²) in [5, 5.41) is 0. The highest BCUT2D eigenvalue weighted by atomic mass is 16.7. The van der Waals surface area contributed by atoms with Crippen molar-refractivity contribution in [3.05, 3.63) is 0 Å². The van der Waals surface area contributed by atoms with E-state index < -0.39 is 5.97 Å². The van der Waals surface area contributed by atoms with Crippen LogP contribution in [0.2, 0.25) is 0 Å². The number of carbonyl (C=O) groups is 2. The fraction of sp³-hybridized carbons (Fsp3) is 0.667. The standard InChI is InChI=1S/C6H12N2O4/c7-12-6(10)3-1-2-4-8-11-5-9/h5,8H,1-4,7H2. The van der Waals surface area contributed by atoms with Crippen LogP contribution >= 0.6 is 0 Å². The van der Waals surface area contributed by atoms with E-state index in [1.54, 1.807) is 0 Å². The fourth-order valence-corrected chi connectivity index (χ4v) is 0.618. The van der Waals surface area contributed by atoms with Gasteiger partial charge in [-0.15, -0.1) is 0 Å². The van der Waals surface area contributed by atoms with Crippen molar-refractivity contribution in [1.82, 2.24) is 5.48 Å². The minimum absolute atomic E-state index is 0.277. The van der Waals surface area contributed by atoms with Crippen LogP contribution in [-0.2, 0) is 19.3 Å². The molecule has 0 aromatic heterocycles. The molecule has 0 spiro atoms. The molecule has 0 aromatic carbocycles. The average Bonchev–Trinajstić information content (AvgIpc) is 2.10. The first-order valence-electron chi connectivity index (χ1n) is 3.53. The summed E-state index contributed by atoms with van der Waals surface area (Å²) in [6.45, 7) is 0.810. The molecule has 6 nitrogen and oxygen atoms in total. The molecule has 0 unspecified atom stereocenters. The quantitative estimate of drug-likeness (QED) is 0.301. The van der Waals surface area contributed by atoms with E-state index in [2.05, 4.69) is 21.1 Å². The molecule has 0 amide bonds. The van der Waals surface area contributed by atoms with Crippen molar-refractivity contribution in [2.24, 2.45) is 5.90 Å². The molecular weight excluding hydrogens is 164 g/mol. The van der Waals surface area contributed by atoms with Crippen LogP contribution in [0.5, 0.6) is 0 Å². The summed E-state index contributed by atoms with van der Waals surface area (Å²) in [5.74, 6) is 4.16. The van der Waals surface area contributed by atoms with Gasteiger partial charge in [0, 0.05) is 13.0 Å². The van der Waals surface area contributed by atoms with Gasteiger partial charge in [0.25, 0.3) is 0 Å². The molecular formula is C6H12N2O4. The zero-order chi connectivity index (χ0) is 9.23. The van der Waals surface area contributed by atoms with E-state index >= 15 is 0 Å². The lowest BCUT2D eigenvalue weighted by Crippen LogP contribution is -2.15. The Hall–Kier alpha value is -1.14. The normalized spacial score (nSPS) is 9.08. The molecule has 0 rings (SSSR count). The summed E-state index contributed by atoms with van der Waals surface area (Å²) in [7, 11) is 0. The molecule has 0 fully saturated rings. The molecule has 0 heterocycles. The lowest BCUT2D eigenvalue weighted by molar-refractivity contribution is -0.144. The van der Waals surface area contributed by atoms with Crippen molar-refractivity contribution in [3.8, 4) is 0 Å². The third kappa shape index (κ3) is 6.97. The van der Waals surface area contributed by atoms with Crippen molar-refractivity contribution < 1.29 is 19.3 Å². The minimum Gasteiger partial charge on any atom is -0.374 e. The summed E-state index contributed by atoms with van der Waals surface area (Å²) >= 11 is 0. The third-order valence-electron chi connectivity index (χ3n) is 1.17. The molecule has 0 saturated carbocycles. The molecule has 0 aliphatic heterocycles. The van der Waals surface area contributed by atoms with E-state index in [1.165, 1.54) is 0 Å². The Labute approximate surface area is 69.9 Å². The number of rotatable bonds is 7. The predicted molar refractivity (Wildman–Crippen MR) is 39.3 cm³/mol. The van der Waals surface area contributed by atoms with Crippen LogP contribution < -0.4 is 11.4 Å². The molecule has 0 radical (unpaired) electrons. The minimum atomic E-state index is -0.439. The Morgan fingerprint density at radius 3 is 2.83 bits per heavy atom. The average molecular weight is 176 g/mol. The largest absolute Gasteiger partial charge is 0.374 e. The van der Waals surface area contributed by atoms with E-state index in [9.17, 15) is 9.59 Å². The zero-order valence-corrected chi connectivity index (χ0v) is 6.62. The highest BCUT2D eigenvalue weighted by molar-refractivity contribution is 5.68. The van der Waals surface area contributed by atoms with Gasteiger partial charge in [0.05, 0.1) is 0 Å². The van der Waals surface area contributed by atoms with Crippen LogP contribution in [0.4, 0.5) is 0 Å². The predicted octanol–water partition coefficient (Wildman–Crippen LogP) is -0.749. The summed E-state index contributed by atoms with van der Waals surface area (Å²) in [6, 6.07) is 0. The second kappa shape index (κ2) is 7.96. The van der Waals surface area contributed by atoms with Crippen LogP contribution in [-0.4, -0.2) is 19.0 Å². The second-order valence-electron chi connectivity index (χ2n) is 2.06. The maximum absolute atomic E-state index is 10.4. The van der Waals surface area contributed by atoms with Gasteiger partial charge in [-0.2, -0.15) is 11.4 Å². The van der Waals surface area contributed by atoms with E-state index in [4.69, 9.17) is 0 Å². The lowest BCUT2D eigenvalue weighted by Gasteiger charge is -1.99. The first-order chi connectivity index (χ1) is 5.81. The number of hydrogen-bond donors (Lipinski definition) is 2. The number of hydroxylamine groups is 1. The first kappa shape index (κ1) is 10.9. The summed E-state index contributed by atoms with van der Waals surface area (Å²) in [6.07, 6.45) is 1.63. The highest BCUT2D eigenvalue weighted by Crippen LogP contribution is 1.94. The van der Waals surface area contributed by atoms with E-state index in [0.29, 0.717) is 25.9 Å². The summed E-state index contributed by atoms with van der Waals surface area (Å²) < 4.78 is 0. The van der Waals surface area contributed by atoms with Crippen molar-refractivity contribution >= 4 is 12.4 Å². The van der Waals surface area contributed by atoms with Gasteiger partial charge < -0.3 is 9.68 Å². The number of hydrogen-bond acceptors (Lipinski definition) is 6. The maximum Gasteiger partial charge on any atom is 0.324 e. The Balaban J connectivity index is 3.00. The molecule has 0 aliphatic carbocycles. The lowest BCUT2D eigenvalue weighted by atomic mass is 10.2. The van der Waals surface area contributed by atoms with E-state index in [-0.39, 0.29) is 6.42 Å². The van der Waals surface area contributed by atoms with Crippen LogP contribution in [0.25, 0.3) is 0 Å². The molecule has 12 heavy (non-hydrogen) atoms. The van der Waals surface area contributed by atoms with Crippen LogP contribution in [0.3, 0.4) is 0 Å². The fourth-order valence-electron chi connectivity index (χ4n) is 0.618. The van der Waals surface area contributed by atoms with Crippen LogP contribution in [0.1, 0.15) is 19.3 Å². The number of unbranched alkanes of at least 4 members (excludes halogenated alkanes) is 1. The van der Waals surface area contributed by atoms with Gasteiger partial charge in [0.15, 0.2) is 0 Å². The van der Waals surface area contributed by atoms with E-state index in [0.717, 1.165) is 0 Å². The van der Waals surface area contributed by atoms with Crippen LogP contribution in [0.15, 0.2) is 0 Å². The van der Waals surface area contributed by atoms with Crippen LogP contribution in [0, 0.1) is 0 Å². The highest BCUT2D eigenvalue weighted by Gasteiger charge is 1.98. The molecule has 70 valence electrons. The monoisotopic (exact) mass is 176 g/mol. The van der Waals surface area contributed by atoms with Gasteiger partial charge in [0.2, 0.25) is 0 Å². The summed E-state index contributed by atoms with van der Waals surface area (Å²) in [5.41, 5.74) is 2.38. The maximum atomic E-state index is 10.4. The smallest absolute Gasteiger partial charge is 0.324 e. The molecule has 3 N–H and O–H groups in total. The van der Waals surface area contributed by atoms with Crippen molar-refractivity contribution in [2.45, 2.75) is 19.3 Å². The topological polar surface area (TPSA) is 90.7 Å². The third-order valence-corrected chi connectivity index (χ3v) is 1.17. The van der Waals surface area contributed by atoms with Crippen molar-refractivity contribution in [1.29, 1.82) is 0 Å². The molecule has 0 bridgehead atoms. The van der Waals surface area contributed by atoms with Crippen molar-refractivity contribution in [3.63, 3.8) is 0 Å². The Bertz CT molecular complexity index is 140. The SMILES string of the molecule is NOC(=O)CCCCNOC=O. The Morgan fingerprint density at radius 1 is 1.50 bits per heavy atom. The number of carbonyl (C=O) groups excluding carboxylic acids is 2. The molecule has 0 aliphatic rings. The molecule has 6 heteroatoms. The summed E-state index contributed by atoms with van der Waals surface area (Å²) in [4.78, 5) is 28.2. The van der Waals surface area contributed by atoms with Gasteiger partial charge in [-0.05, 0) is 12.8 Å². The number of nitrogens with one attached hydrogen (secondary N) is 1. The zero-order valence-electron chi connectivity index (χ0n) is 6.62. The second-order valence-corrected chi connectivity index (χ2v) is 2.06.